The molecule has 15 nitrogen and oxygen atoms in total. The molecule has 12 N–H and O–H groups in total. The lowest BCUT2D eigenvalue weighted by molar-refractivity contribution is -0.141. The zero-order valence-corrected chi connectivity index (χ0v) is 21.3. The van der Waals surface area contributed by atoms with Crippen LogP contribution in [0.5, 0.6) is 5.75 Å². The fraction of sp³-hybridized carbons (Fsp3) is 0.455. The van der Waals surface area contributed by atoms with Gasteiger partial charge in [0.25, 0.3) is 0 Å². The number of hydrogen-bond donors (Lipinski definition) is 10. The number of nitrogens with one attached hydrogen (secondary N) is 3. The second-order valence-corrected chi connectivity index (χ2v) is 8.59. The van der Waals surface area contributed by atoms with Crippen LogP contribution >= 0.6 is 12.6 Å². The molecule has 0 heterocycles. The Balaban J connectivity index is 3.15. The molecule has 0 aliphatic carbocycles. The van der Waals surface area contributed by atoms with Crippen LogP contribution in [-0.4, -0.2) is 87.4 Å². The van der Waals surface area contributed by atoms with E-state index in [-0.39, 0.29) is 43.3 Å². The molecule has 0 radical (unpaired) electrons. The second-order valence-electron chi connectivity index (χ2n) is 8.23. The van der Waals surface area contributed by atoms with Crippen LogP contribution in [0, 0.1) is 0 Å². The number of carbonyl (C=O) groups excluding carboxylic acids is 3. The van der Waals surface area contributed by atoms with Crippen LogP contribution in [0.1, 0.15) is 24.8 Å². The number of aromatic hydroxyl groups is 1. The fourth-order valence-corrected chi connectivity index (χ4v) is 3.39. The van der Waals surface area contributed by atoms with Gasteiger partial charge in [0.1, 0.15) is 23.9 Å². The Morgan fingerprint density at radius 2 is 1.45 bits per heavy atom. The maximum Gasteiger partial charge on any atom is 0.327 e. The van der Waals surface area contributed by atoms with E-state index in [1.165, 1.54) is 24.3 Å². The molecule has 1 rings (SSSR count). The molecule has 0 aromatic heterocycles. The van der Waals surface area contributed by atoms with E-state index in [4.69, 9.17) is 22.3 Å². The van der Waals surface area contributed by atoms with Gasteiger partial charge in [-0.25, -0.2) is 4.79 Å². The summed E-state index contributed by atoms with van der Waals surface area (Å²) < 4.78 is 0. The maximum absolute atomic E-state index is 13.2. The molecule has 0 aliphatic heterocycles. The molecular weight excluding hydrogens is 522 g/mol. The minimum atomic E-state index is -1.45. The van der Waals surface area contributed by atoms with E-state index in [0.29, 0.717) is 5.56 Å². The Hall–Kier alpha value is -4.05. The molecule has 210 valence electrons. The van der Waals surface area contributed by atoms with Crippen molar-refractivity contribution in [2.45, 2.75) is 49.9 Å². The highest BCUT2D eigenvalue weighted by Gasteiger charge is 2.30. The van der Waals surface area contributed by atoms with Crippen LogP contribution in [0.2, 0.25) is 0 Å². The highest BCUT2D eigenvalue weighted by molar-refractivity contribution is 7.80. The van der Waals surface area contributed by atoms with Gasteiger partial charge in [0.05, 0.1) is 12.5 Å². The third kappa shape index (κ3) is 11.8. The molecule has 0 spiro atoms. The van der Waals surface area contributed by atoms with Crippen LogP contribution in [-0.2, 0) is 30.4 Å². The molecule has 0 saturated carbocycles. The number of carboxylic acids is 2. The number of nitrogens with two attached hydrogens (primary N) is 3. The van der Waals surface area contributed by atoms with Gasteiger partial charge >= 0.3 is 11.9 Å². The first-order valence-electron chi connectivity index (χ1n) is 11.4. The third-order valence-corrected chi connectivity index (χ3v) is 5.48. The number of phenolic OH excluding ortho intramolecular Hbond substituents is 1. The van der Waals surface area contributed by atoms with E-state index in [1.54, 1.807) is 0 Å². The smallest absolute Gasteiger partial charge is 0.327 e. The fourth-order valence-electron chi connectivity index (χ4n) is 3.14. The summed E-state index contributed by atoms with van der Waals surface area (Å²) in [6.07, 6.45) is -0.553. The highest BCUT2D eigenvalue weighted by Crippen LogP contribution is 2.12. The van der Waals surface area contributed by atoms with Crippen molar-refractivity contribution >= 4 is 48.2 Å². The van der Waals surface area contributed by atoms with Crippen LogP contribution in [0.3, 0.4) is 0 Å². The highest BCUT2D eigenvalue weighted by atomic mass is 32.1. The molecule has 3 amide bonds. The Morgan fingerprint density at radius 3 is 1.97 bits per heavy atom. The Labute approximate surface area is 223 Å². The van der Waals surface area contributed by atoms with Gasteiger partial charge in [-0.1, -0.05) is 12.1 Å². The predicted octanol–water partition coefficient (Wildman–Crippen LogP) is -2.74. The Kier molecular flexibility index (Phi) is 13.4. The molecule has 4 unspecified atom stereocenters. The first-order valence-corrected chi connectivity index (χ1v) is 12.0. The summed E-state index contributed by atoms with van der Waals surface area (Å²) in [7, 11) is 0. The average molecular weight is 556 g/mol. The molecule has 4 atom stereocenters. The largest absolute Gasteiger partial charge is 0.508 e. The van der Waals surface area contributed by atoms with Crippen molar-refractivity contribution in [2.24, 2.45) is 22.2 Å². The first-order chi connectivity index (χ1) is 17.8. The van der Waals surface area contributed by atoms with E-state index in [1.807, 2.05) is 0 Å². The molecule has 38 heavy (non-hydrogen) atoms. The van der Waals surface area contributed by atoms with Crippen LogP contribution in [0.15, 0.2) is 29.3 Å². The van der Waals surface area contributed by atoms with Crippen molar-refractivity contribution in [2.75, 3.05) is 12.3 Å². The van der Waals surface area contributed by atoms with Gasteiger partial charge in [-0.05, 0) is 30.5 Å². The number of guanidine groups is 1. The lowest BCUT2D eigenvalue weighted by atomic mass is 10.0. The van der Waals surface area contributed by atoms with E-state index in [9.17, 15) is 34.2 Å². The van der Waals surface area contributed by atoms with Crippen molar-refractivity contribution in [3.05, 3.63) is 29.8 Å². The average Bonchev–Trinajstić information content (AvgIpc) is 2.84. The zero-order valence-electron chi connectivity index (χ0n) is 20.4. The van der Waals surface area contributed by atoms with Crippen LogP contribution in [0.25, 0.3) is 0 Å². The Bertz CT molecular complexity index is 1020. The van der Waals surface area contributed by atoms with Gasteiger partial charge < -0.3 is 48.5 Å². The molecule has 0 fully saturated rings. The number of rotatable bonds is 16. The number of carboxylic acid groups (broad SMARTS) is 2. The van der Waals surface area contributed by atoms with Gasteiger partial charge in [0.15, 0.2) is 5.96 Å². The van der Waals surface area contributed by atoms with Gasteiger partial charge in [-0.2, -0.15) is 12.6 Å². The molecule has 1 aromatic rings. The lowest BCUT2D eigenvalue weighted by Crippen LogP contribution is -2.58. The van der Waals surface area contributed by atoms with E-state index < -0.39 is 60.2 Å². The summed E-state index contributed by atoms with van der Waals surface area (Å²) in [4.78, 5) is 64.6. The predicted molar refractivity (Wildman–Crippen MR) is 139 cm³/mol. The van der Waals surface area contributed by atoms with Gasteiger partial charge in [0, 0.05) is 18.7 Å². The summed E-state index contributed by atoms with van der Waals surface area (Å²) in [5, 5.41) is 34.8. The summed E-state index contributed by atoms with van der Waals surface area (Å²) >= 11 is 3.90. The summed E-state index contributed by atoms with van der Waals surface area (Å²) in [5.41, 5.74) is 16.7. The van der Waals surface area contributed by atoms with Crippen molar-refractivity contribution in [3.8, 4) is 5.75 Å². The van der Waals surface area contributed by atoms with Gasteiger partial charge in [-0.3, -0.25) is 24.2 Å². The minimum absolute atomic E-state index is 0.00562. The van der Waals surface area contributed by atoms with Crippen LogP contribution in [0.4, 0.5) is 0 Å². The first kappa shape index (κ1) is 32.0. The van der Waals surface area contributed by atoms with Crippen LogP contribution < -0.4 is 33.2 Å². The normalized spacial score (nSPS) is 13.7. The number of thiol groups is 1. The number of phenols is 1. The van der Waals surface area contributed by atoms with Crippen molar-refractivity contribution in [1.29, 1.82) is 0 Å². The zero-order chi connectivity index (χ0) is 28.8. The maximum atomic E-state index is 13.2. The molecule has 0 saturated heterocycles. The third-order valence-electron chi connectivity index (χ3n) is 5.12. The topological polar surface area (TPSA) is 273 Å². The molecule has 16 heteroatoms. The summed E-state index contributed by atoms with van der Waals surface area (Å²) in [6, 6.07) is 0.408. The number of hydrogen-bond acceptors (Lipinski definition) is 9. The van der Waals surface area contributed by atoms with Crippen molar-refractivity contribution in [1.82, 2.24) is 16.0 Å². The number of carbonyl (C=O) groups is 5. The van der Waals surface area contributed by atoms with E-state index in [2.05, 4.69) is 33.6 Å². The molecule has 0 aliphatic rings. The molecule has 0 bridgehead atoms. The van der Waals surface area contributed by atoms with E-state index >= 15 is 0 Å². The van der Waals surface area contributed by atoms with E-state index in [0.717, 1.165) is 0 Å². The second kappa shape index (κ2) is 15.9. The molecular formula is C22H33N7O8S. The van der Waals surface area contributed by atoms with Gasteiger partial charge in [0.2, 0.25) is 17.7 Å². The molecule has 1 aromatic carbocycles. The van der Waals surface area contributed by atoms with Gasteiger partial charge in [-0.15, -0.1) is 0 Å². The summed E-state index contributed by atoms with van der Waals surface area (Å²) in [6.45, 7) is 0.120. The van der Waals surface area contributed by atoms with Crippen molar-refractivity contribution < 1.29 is 39.3 Å². The minimum Gasteiger partial charge on any atom is -0.508 e. The standard InChI is InChI=1S/C22H33N7O8S/c23-13(9-17(31)32)18(33)28-15(8-11-3-5-12(30)6-4-11)20(35)27-14(2-1-7-26-22(24)25)19(34)29-16(10-38)21(36)37/h3-6,13-16,30,38H,1-2,7-10,23H2,(H,27,35)(H,28,33)(H,29,34)(H,31,32)(H,36,37)(H4,24,25,26). The number of aliphatic carboxylic acids is 2. The quantitative estimate of drug-likeness (QED) is 0.0432. The van der Waals surface area contributed by atoms with Crippen molar-refractivity contribution in [3.63, 3.8) is 0 Å². The number of aliphatic imine (C=N–C) groups is 1. The summed E-state index contributed by atoms with van der Waals surface area (Å²) in [5.74, 6) is -5.62. The lowest BCUT2D eigenvalue weighted by Gasteiger charge is -2.25. The SMILES string of the molecule is NC(N)=NCCCC(NC(=O)C(Cc1ccc(O)cc1)NC(=O)C(N)CC(=O)O)C(=O)NC(CS)C(=O)O. The number of nitrogens with zero attached hydrogens (tertiary/aromatic N) is 1. The Morgan fingerprint density at radius 1 is 0.895 bits per heavy atom. The number of benzene rings is 1. The monoisotopic (exact) mass is 555 g/mol. The number of amides is 3.